The monoisotopic (exact) mass is 431 g/mol. The summed E-state index contributed by atoms with van der Waals surface area (Å²) in [7, 11) is 0. The normalized spacial score (nSPS) is 11.5. The molecule has 0 unspecified atom stereocenters. The van der Waals surface area contributed by atoms with Crippen LogP contribution in [0.4, 0.5) is 0 Å². The summed E-state index contributed by atoms with van der Waals surface area (Å²) >= 11 is 0. The number of phenols is 1. The van der Waals surface area contributed by atoms with Gasteiger partial charge in [0.25, 0.3) is 0 Å². The van der Waals surface area contributed by atoms with Gasteiger partial charge in [-0.05, 0) is 56.9 Å². The van der Waals surface area contributed by atoms with E-state index in [4.69, 9.17) is 9.72 Å². The first-order valence-corrected chi connectivity index (χ1v) is 11.1. The van der Waals surface area contributed by atoms with Crippen LogP contribution in [0.2, 0.25) is 0 Å². The highest BCUT2D eigenvalue weighted by molar-refractivity contribution is 6.25. The van der Waals surface area contributed by atoms with Gasteiger partial charge in [-0.2, -0.15) is 9.97 Å². The number of para-hydroxylation sites is 1. The van der Waals surface area contributed by atoms with Crippen LogP contribution < -0.4 is 4.74 Å². The van der Waals surface area contributed by atoms with Crippen LogP contribution in [0.25, 0.3) is 55.1 Å². The van der Waals surface area contributed by atoms with E-state index >= 15 is 0 Å². The number of hydrogen-bond donors (Lipinski definition) is 1. The van der Waals surface area contributed by atoms with E-state index in [1.54, 1.807) is 18.2 Å². The summed E-state index contributed by atoms with van der Waals surface area (Å²) in [5.74, 6) is 1.02. The largest absolute Gasteiger partial charge is 0.507 e. The van der Waals surface area contributed by atoms with E-state index in [9.17, 15) is 5.11 Å². The summed E-state index contributed by atoms with van der Waals surface area (Å²) in [6.45, 7) is 2.54. The average molecular weight is 431 g/mol. The second-order valence-corrected chi connectivity index (χ2v) is 8.10. The Kier molecular flexibility index (Phi) is 4.54. The smallest absolute Gasteiger partial charge is 0.320 e. The number of ether oxygens (including phenoxy) is 1. The van der Waals surface area contributed by atoms with Crippen LogP contribution in [-0.2, 0) is 0 Å². The number of nitrogens with zero attached hydrogens (tertiary/aromatic N) is 3. The first kappa shape index (κ1) is 19.4. The van der Waals surface area contributed by atoms with Crippen LogP contribution in [0, 0.1) is 0 Å². The Morgan fingerprint density at radius 2 is 1.33 bits per heavy atom. The van der Waals surface area contributed by atoms with Gasteiger partial charge >= 0.3 is 6.01 Å². The van der Waals surface area contributed by atoms with E-state index < -0.39 is 0 Å². The predicted octanol–water partition coefficient (Wildman–Crippen LogP) is 6.60. The van der Waals surface area contributed by atoms with E-state index in [2.05, 4.69) is 64.6 Å². The first-order chi connectivity index (χ1) is 16.2. The third-order valence-corrected chi connectivity index (χ3v) is 5.96. The molecule has 0 bridgehead atoms. The molecule has 0 amide bonds. The highest BCUT2D eigenvalue weighted by Gasteiger charge is 2.17. The zero-order valence-electron chi connectivity index (χ0n) is 18.1. The Morgan fingerprint density at radius 1 is 0.667 bits per heavy atom. The molecule has 0 aliphatic carbocycles. The Hall–Kier alpha value is -4.25. The minimum Gasteiger partial charge on any atom is -0.507 e. The fourth-order valence-electron chi connectivity index (χ4n) is 4.45. The second kappa shape index (κ2) is 7.71. The van der Waals surface area contributed by atoms with Crippen molar-refractivity contribution in [2.75, 3.05) is 6.61 Å². The molecule has 5 nitrogen and oxygen atoms in total. The van der Waals surface area contributed by atoms with Crippen LogP contribution in [0.15, 0.2) is 78.9 Å². The molecule has 1 heterocycles. The van der Waals surface area contributed by atoms with Crippen molar-refractivity contribution in [2.45, 2.75) is 13.3 Å². The second-order valence-electron chi connectivity index (χ2n) is 8.10. The zero-order chi connectivity index (χ0) is 22.4. The van der Waals surface area contributed by atoms with Gasteiger partial charge in [-0.25, -0.2) is 4.98 Å². The maximum Gasteiger partial charge on any atom is 0.320 e. The van der Waals surface area contributed by atoms with Crippen molar-refractivity contribution in [3.8, 4) is 34.5 Å². The predicted molar refractivity (Wildman–Crippen MR) is 132 cm³/mol. The number of benzene rings is 5. The van der Waals surface area contributed by atoms with Crippen molar-refractivity contribution >= 4 is 32.3 Å². The van der Waals surface area contributed by atoms with Gasteiger partial charge in [0, 0.05) is 5.56 Å². The molecule has 1 aromatic heterocycles. The lowest BCUT2D eigenvalue weighted by Gasteiger charge is -2.14. The van der Waals surface area contributed by atoms with Crippen molar-refractivity contribution in [1.82, 2.24) is 15.0 Å². The number of rotatable bonds is 5. The fourth-order valence-corrected chi connectivity index (χ4v) is 4.45. The minimum atomic E-state index is 0.117. The van der Waals surface area contributed by atoms with E-state index in [1.165, 1.54) is 26.9 Å². The van der Waals surface area contributed by atoms with Gasteiger partial charge in [0.15, 0.2) is 11.6 Å². The van der Waals surface area contributed by atoms with Gasteiger partial charge in [-0.1, -0.05) is 67.6 Å². The highest BCUT2D eigenvalue weighted by Crippen LogP contribution is 2.39. The van der Waals surface area contributed by atoms with Gasteiger partial charge in [-0.3, -0.25) is 0 Å². The fraction of sp³-hybridized carbons (Fsp3) is 0.107. The van der Waals surface area contributed by atoms with Crippen molar-refractivity contribution in [1.29, 1.82) is 0 Å². The molecule has 0 radical (unpaired) electrons. The van der Waals surface area contributed by atoms with Gasteiger partial charge in [-0.15, -0.1) is 0 Å². The average Bonchev–Trinajstić information content (AvgIpc) is 2.86. The Bertz CT molecular complexity index is 1610. The van der Waals surface area contributed by atoms with Crippen LogP contribution in [0.1, 0.15) is 13.3 Å². The molecule has 0 saturated heterocycles. The van der Waals surface area contributed by atoms with Crippen molar-refractivity contribution < 1.29 is 9.84 Å². The van der Waals surface area contributed by atoms with Gasteiger partial charge < -0.3 is 9.84 Å². The van der Waals surface area contributed by atoms with E-state index in [-0.39, 0.29) is 11.8 Å². The van der Waals surface area contributed by atoms with Crippen LogP contribution in [0.3, 0.4) is 0 Å². The molecule has 5 heteroatoms. The SMILES string of the molecule is CCCOc1nc(-c2ccccc2O)nc(-c2ccc3ccc4cccc5ccc2c3c45)n1. The molecule has 0 aliphatic rings. The molecule has 1 N–H and O–H groups in total. The molecule has 5 aromatic carbocycles. The molecule has 6 rings (SSSR count). The quantitative estimate of drug-likeness (QED) is 0.312. The third-order valence-electron chi connectivity index (χ3n) is 5.96. The lowest BCUT2D eigenvalue weighted by molar-refractivity contribution is 0.292. The molecular weight excluding hydrogens is 410 g/mol. The third kappa shape index (κ3) is 3.21. The van der Waals surface area contributed by atoms with E-state index in [0.29, 0.717) is 23.8 Å². The summed E-state index contributed by atoms with van der Waals surface area (Å²) in [6.07, 6.45) is 0.839. The summed E-state index contributed by atoms with van der Waals surface area (Å²) in [5, 5.41) is 17.5. The topological polar surface area (TPSA) is 68.1 Å². The lowest BCUT2D eigenvalue weighted by Crippen LogP contribution is -2.04. The molecule has 0 spiro atoms. The molecular formula is C28H21N3O2. The molecule has 0 fully saturated rings. The Labute approximate surface area is 190 Å². The maximum atomic E-state index is 10.4. The number of hydrogen-bond acceptors (Lipinski definition) is 5. The minimum absolute atomic E-state index is 0.117. The number of phenolic OH excluding ortho intramolecular Hbond substituents is 1. The summed E-state index contributed by atoms with van der Waals surface area (Å²) in [4.78, 5) is 13.9. The van der Waals surface area contributed by atoms with E-state index in [1.807, 2.05) is 13.0 Å². The number of aromatic hydroxyl groups is 1. The van der Waals surface area contributed by atoms with Crippen LogP contribution >= 0.6 is 0 Å². The highest BCUT2D eigenvalue weighted by atomic mass is 16.5. The van der Waals surface area contributed by atoms with Crippen molar-refractivity contribution in [3.63, 3.8) is 0 Å². The zero-order valence-corrected chi connectivity index (χ0v) is 18.1. The summed E-state index contributed by atoms with van der Waals surface area (Å²) in [6, 6.07) is 26.4. The molecule has 33 heavy (non-hydrogen) atoms. The van der Waals surface area contributed by atoms with Crippen LogP contribution in [0.5, 0.6) is 11.8 Å². The first-order valence-electron chi connectivity index (χ1n) is 11.1. The summed E-state index contributed by atoms with van der Waals surface area (Å²) < 4.78 is 5.80. The lowest BCUT2D eigenvalue weighted by atomic mass is 9.92. The Morgan fingerprint density at radius 3 is 2.09 bits per heavy atom. The van der Waals surface area contributed by atoms with E-state index in [0.717, 1.165) is 17.4 Å². The van der Waals surface area contributed by atoms with Gasteiger partial charge in [0.1, 0.15) is 5.75 Å². The molecule has 0 atom stereocenters. The van der Waals surface area contributed by atoms with Crippen molar-refractivity contribution in [3.05, 3.63) is 78.9 Å². The number of aromatic nitrogens is 3. The maximum absolute atomic E-state index is 10.4. The van der Waals surface area contributed by atoms with Crippen LogP contribution in [-0.4, -0.2) is 26.7 Å². The molecule has 0 aliphatic heterocycles. The molecule has 6 aromatic rings. The molecule has 0 saturated carbocycles. The van der Waals surface area contributed by atoms with Gasteiger partial charge in [0.2, 0.25) is 0 Å². The summed E-state index contributed by atoms with van der Waals surface area (Å²) in [5.41, 5.74) is 1.45. The van der Waals surface area contributed by atoms with Crippen molar-refractivity contribution in [2.24, 2.45) is 0 Å². The van der Waals surface area contributed by atoms with Gasteiger partial charge in [0.05, 0.1) is 12.2 Å². The Balaban J connectivity index is 1.63. The standard InChI is InChI=1S/C28H21N3O2/c1-2-16-33-28-30-26(29-27(31-28)22-8-3-4-9-23(22)32)21-15-13-19-11-10-17-6-5-7-18-12-14-20(21)25(19)24(17)18/h3-15,32H,2,16H2,1H3. The molecule has 160 valence electrons.